The maximum Gasteiger partial charge on any atom is 0.287 e. The molecule has 1 saturated carbocycles. The van der Waals surface area contributed by atoms with Gasteiger partial charge in [0.25, 0.3) is 11.8 Å². The molecule has 1 aromatic heterocycles. The van der Waals surface area contributed by atoms with Gasteiger partial charge in [0.1, 0.15) is 5.69 Å². The summed E-state index contributed by atoms with van der Waals surface area (Å²) in [6.07, 6.45) is 2.52. The highest BCUT2D eigenvalue weighted by molar-refractivity contribution is 7.94. The van der Waals surface area contributed by atoms with E-state index < -0.39 is 31.3 Å². The predicted molar refractivity (Wildman–Crippen MR) is 149 cm³/mol. The molecular weight excluding hydrogens is 558 g/mol. The van der Waals surface area contributed by atoms with Gasteiger partial charge in [-0.1, -0.05) is 23.7 Å². The first kappa shape index (κ1) is 29.0. The maximum atomic E-state index is 13.8. The third kappa shape index (κ3) is 5.64. The second kappa shape index (κ2) is 11.1. The lowest BCUT2D eigenvalue weighted by atomic mass is 10.2. The van der Waals surface area contributed by atoms with E-state index in [1.165, 1.54) is 6.20 Å². The second-order valence-corrected chi connectivity index (χ2v) is 15.0. The molecule has 0 spiro atoms. The van der Waals surface area contributed by atoms with Gasteiger partial charge in [0, 0.05) is 43.8 Å². The first-order valence-corrected chi connectivity index (χ1v) is 15.4. The SMILES string of the molecule is CC(C)(COCC1CC(O)CN1)S(=O)(=O)C1(CN2CCn3c(cnc3C(=O)NCc3ccc(Cl)cc3)C2=O)CC1. The first-order valence-electron chi connectivity index (χ1n) is 13.5. The van der Waals surface area contributed by atoms with Crippen LogP contribution in [0.15, 0.2) is 30.5 Å². The summed E-state index contributed by atoms with van der Waals surface area (Å²) in [4.78, 5) is 32.0. The van der Waals surface area contributed by atoms with Crippen molar-refractivity contribution in [1.82, 2.24) is 25.1 Å². The van der Waals surface area contributed by atoms with Crippen molar-refractivity contribution >= 4 is 33.3 Å². The Morgan fingerprint density at radius 3 is 2.65 bits per heavy atom. The van der Waals surface area contributed by atoms with E-state index in [1.807, 2.05) is 12.1 Å². The van der Waals surface area contributed by atoms with E-state index >= 15 is 0 Å². The van der Waals surface area contributed by atoms with Crippen LogP contribution >= 0.6 is 11.6 Å². The number of benzene rings is 1. The number of carbonyl (C=O) groups is 2. The number of hydrogen-bond acceptors (Lipinski definition) is 8. The van der Waals surface area contributed by atoms with Gasteiger partial charge in [-0.05, 0) is 50.8 Å². The van der Waals surface area contributed by atoms with Gasteiger partial charge in [0.15, 0.2) is 15.7 Å². The molecule has 218 valence electrons. The number of sulfone groups is 1. The van der Waals surface area contributed by atoms with Gasteiger partial charge in [-0.2, -0.15) is 0 Å². The van der Waals surface area contributed by atoms with Gasteiger partial charge >= 0.3 is 0 Å². The minimum Gasteiger partial charge on any atom is -0.392 e. The molecule has 2 unspecified atom stereocenters. The van der Waals surface area contributed by atoms with Gasteiger partial charge in [-0.3, -0.25) is 9.59 Å². The normalized spacial score (nSPS) is 22.3. The number of hydrogen-bond donors (Lipinski definition) is 3. The van der Waals surface area contributed by atoms with Crippen molar-refractivity contribution < 1.29 is 27.9 Å². The number of rotatable bonds is 11. The van der Waals surface area contributed by atoms with E-state index in [0.29, 0.717) is 44.0 Å². The van der Waals surface area contributed by atoms with Crippen LogP contribution in [-0.4, -0.2) is 94.3 Å². The second-order valence-electron chi connectivity index (χ2n) is 11.6. The number of aliphatic hydroxyl groups excluding tert-OH is 1. The number of aliphatic hydroxyl groups is 1. The molecule has 2 amide bonds. The molecule has 0 bridgehead atoms. The standard InChI is InChI=1S/C27H36ClN5O6S/c1-26(2,17-39-15-20-11-21(34)13-29-20)40(37,38)27(7-8-27)16-32-9-10-33-22(25(32)36)14-30-23(33)24(35)31-12-18-3-5-19(28)6-4-18/h3-6,14,20-21,29,34H,7-13,15-17H2,1-2H3,(H,31,35). The van der Waals surface area contributed by atoms with Crippen LogP contribution in [0.3, 0.4) is 0 Å². The van der Waals surface area contributed by atoms with E-state index in [9.17, 15) is 23.1 Å². The van der Waals surface area contributed by atoms with Gasteiger partial charge < -0.3 is 29.9 Å². The highest BCUT2D eigenvalue weighted by atomic mass is 35.5. The average Bonchev–Trinajstić information content (AvgIpc) is 3.39. The van der Waals surface area contributed by atoms with Crippen LogP contribution in [0.25, 0.3) is 0 Å². The number of fused-ring (bicyclic) bond motifs is 1. The molecule has 2 atom stereocenters. The molecule has 1 aliphatic carbocycles. The Morgan fingerprint density at radius 1 is 1.27 bits per heavy atom. The quantitative estimate of drug-likeness (QED) is 0.355. The third-order valence-corrected chi connectivity index (χ3v) is 11.6. The van der Waals surface area contributed by atoms with E-state index in [0.717, 1.165) is 5.56 Å². The zero-order chi connectivity index (χ0) is 28.7. The highest BCUT2D eigenvalue weighted by Crippen LogP contribution is 2.49. The summed E-state index contributed by atoms with van der Waals surface area (Å²) in [5.41, 5.74) is 1.15. The number of β-amino-alcohol motifs (C(OH)–C–C–N with tert-alkyl or cyclic N) is 1. The molecule has 13 heteroatoms. The number of nitrogens with zero attached hydrogens (tertiary/aromatic N) is 3. The fraction of sp³-hybridized carbons (Fsp3) is 0.593. The average molecular weight is 594 g/mol. The Labute approximate surface area is 239 Å². The predicted octanol–water partition coefficient (Wildman–Crippen LogP) is 1.39. The number of carbonyl (C=O) groups excluding carboxylic acids is 2. The van der Waals surface area contributed by atoms with Crippen molar-refractivity contribution in [3.63, 3.8) is 0 Å². The summed E-state index contributed by atoms with van der Waals surface area (Å²) in [6.45, 7) is 5.21. The zero-order valence-electron chi connectivity index (χ0n) is 22.7. The van der Waals surface area contributed by atoms with Crippen LogP contribution in [0.4, 0.5) is 0 Å². The number of nitrogens with one attached hydrogen (secondary N) is 2. The van der Waals surface area contributed by atoms with Crippen molar-refractivity contribution in [3.8, 4) is 0 Å². The Morgan fingerprint density at radius 2 is 2.00 bits per heavy atom. The molecule has 3 aliphatic rings. The molecule has 3 heterocycles. The van der Waals surface area contributed by atoms with Crippen molar-refractivity contribution in [3.05, 3.63) is 52.6 Å². The third-order valence-electron chi connectivity index (χ3n) is 8.08. The van der Waals surface area contributed by atoms with Crippen molar-refractivity contribution in [2.75, 3.05) is 32.8 Å². The molecular formula is C27H36ClN5O6S. The van der Waals surface area contributed by atoms with Gasteiger partial charge in [-0.25, -0.2) is 13.4 Å². The summed E-state index contributed by atoms with van der Waals surface area (Å²) in [7, 11) is -3.66. The summed E-state index contributed by atoms with van der Waals surface area (Å²) in [5, 5.41) is 16.3. The Kier molecular flexibility index (Phi) is 8.01. The number of aromatic nitrogens is 2. The van der Waals surface area contributed by atoms with Crippen LogP contribution in [0.2, 0.25) is 5.02 Å². The molecule has 0 radical (unpaired) electrons. The molecule has 2 aromatic rings. The van der Waals surface area contributed by atoms with E-state index in [-0.39, 0.29) is 49.7 Å². The van der Waals surface area contributed by atoms with E-state index in [2.05, 4.69) is 15.6 Å². The molecule has 11 nitrogen and oxygen atoms in total. The largest absolute Gasteiger partial charge is 0.392 e. The Balaban J connectivity index is 1.20. The Bertz CT molecular complexity index is 1370. The monoisotopic (exact) mass is 593 g/mol. The first-order chi connectivity index (χ1) is 18.9. The lowest BCUT2D eigenvalue weighted by Crippen LogP contribution is -2.52. The van der Waals surface area contributed by atoms with Gasteiger partial charge in [0.05, 0.1) is 35.0 Å². The molecule has 2 fully saturated rings. The van der Waals surface area contributed by atoms with Crippen LogP contribution in [0.5, 0.6) is 0 Å². The molecule has 40 heavy (non-hydrogen) atoms. The lowest BCUT2D eigenvalue weighted by molar-refractivity contribution is 0.0696. The molecule has 2 aliphatic heterocycles. The summed E-state index contributed by atoms with van der Waals surface area (Å²) >= 11 is 5.91. The lowest BCUT2D eigenvalue weighted by Gasteiger charge is -2.35. The van der Waals surface area contributed by atoms with Crippen LogP contribution in [0.1, 0.15) is 59.8 Å². The van der Waals surface area contributed by atoms with E-state index in [1.54, 1.807) is 35.4 Å². The van der Waals surface area contributed by atoms with Crippen molar-refractivity contribution in [2.45, 2.75) is 67.8 Å². The maximum absolute atomic E-state index is 13.8. The molecule has 1 saturated heterocycles. The fourth-order valence-corrected chi connectivity index (χ4v) is 7.99. The van der Waals surface area contributed by atoms with Crippen molar-refractivity contribution in [1.29, 1.82) is 0 Å². The molecule has 1 aromatic carbocycles. The molecule has 5 rings (SSSR count). The van der Waals surface area contributed by atoms with Crippen molar-refractivity contribution in [2.24, 2.45) is 0 Å². The summed E-state index contributed by atoms with van der Waals surface area (Å²) in [5.74, 6) is -0.585. The fourth-order valence-electron chi connectivity index (χ4n) is 5.49. The minimum absolute atomic E-state index is 0.00335. The Hall–Kier alpha value is -2.51. The number of ether oxygens (including phenoxy) is 1. The number of amides is 2. The topological polar surface area (TPSA) is 143 Å². The van der Waals surface area contributed by atoms with E-state index in [4.69, 9.17) is 16.3 Å². The minimum atomic E-state index is -3.66. The highest BCUT2D eigenvalue weighted by Gasteiger charge is 2.61. The summed E-state index contributed by atoms with van der Waals surface area (Å²) in [6, 6.07) is 7.13. The molecule has 3 N–H and O–H groups in total. The van der Waals surface area contributed by atoms with Crippen LogP contribution in [-0.2, 0) is 27.7 Å². The number of halogens is 1. The van der Waals surface area contributed by atoms with Crippen LogP contribution < -0.4 is 10.6 Å². The van der Waals surface area contributed by atoms with Gasteiger partial charge in [-0.15, -0.1) is 0 Å². The number of imidazole rings is 1. The van der Waals surface area contributed by atoms with Crippen LogP contribution in [0, 0.1) is 0 Å². The zero-order valence-corrected chi connectivity index (χ0v) is 24.3. The summed E-state index contributed by atoms with van der Waals surface area (Å²) < 4.78 is 32.8. The van der Waals surface area contributed by atoms with Gasteiger partial charge in [0.2, 0.25) is 0 Å². The smallest absolute Gasteiger partial charge is 0.287 e.